The Kier molecular flexibility index (Phi) is 5.72. The number of ether oxygens (including phenoxy) is 1. The molecular weight excluding hydrogens is 421 g/mol. The second kappa shape index (κ2) is 9.12. The molecule has 1 N–H and O–H groups in total. The predicted octanol–water partition coefficient (Wildman–Crippen LogP) is 4.92. The molecule has 5 rings (SSSR count). The van der Waals surface area contributed by atoms with Gasteiger partial charge in [0.05, 0.1) is 5.52 Å². The third-order valence-electron chi connectivity index (χ3n) is 5.53. The number of para-hydroxylation sites is 1. The van der Waals surface area contributed by atoms with E-state index in [0.717, 1.165) is 5.75 Å². The van der Waals surface area contributed by atoms with E-state index in [9.17, 15) is 9.18 Å². The van der Waals surface area contributed by atoms with Gasteiger partial charge in [0, 0.05) is 37.3 Å². The molecule has 2 amide bonds. The first-order valence-corrected chi connectivity index (χ1v) is 10.7. The van der Waals surface area contributed by atoms with Crippen LogP contribution < -0.4 is 15.0 Å². The fourth-order valence-electron chi connectivity index (χ4n) is 3.82. The summed E-state index contributed by atoms with van der Waals surface area (Å²) in [4.78, 5) is 25.1. The number of anilines is 2. The van der Waals surface area contributed by atoms with Crippen molar-refractivity contribution in [3.63, 3.8) is 0 Å². The summed E-state index contributed by atoms with van der Waals surface area (Å²) >= 11 is 0. The Morgan fingerprint density at radius 3 is 2.36 bits per heavy atom. The predicted molar refractivity (Wildman–Crippen MR) is 125 cm³/mol. The smallest absolute Gasteiger partial charge is 0.321 e. The average molecular weight is 443 g/mol. The number of hydrogen-bond donors (Lipinski definition) is 1. The SMILES string of the molecule is O=C(Nc1ccc(Oc2ccccc2)cc1)N1CCN(c2ncnc3ccc(F)cc23)CC1. The van der Waals surface area contributed by atoms with Gasteiger partial charge < -0.3 is 19.9 Å². The van der Waals surface area contributed by atoms with Gasteiger partial charge in [-0.25, -0.2) is 19.2 Å². The van der Waals surface area contributed by atoms with Gasteiger partial charge in [-0.15, -0.1) is 0 Å². The van der Waals surface area contributed by atoms with Crippen LogP contribution in [0.4, 0.5) is 20.7 Å². The lowest BCUT2D eigenvalue weighted by Gasteiger charge is -2.35. The van der Waals surface area contributed by atoms with E-state index < -0.39 is 0 Å². The molecule has 0 saturated carbocycles. The van der Waals surface area contributed by atoms with Crippen LogP contribution in [0.5, 0.6) is 11.5 Å². The van der Waals surface area contributed by atoms with Crippen LogP contribution in [-0.2, 0) is 0 Å². The minimum atomic E-state index is -0.322. The number of aromatic nitrogens is 2. The van der Waals surface area contributed by atoms with Gasteiger partial charge >= 0.3 is 6.03 Å². The topological polar surface area (TPSA) is 70.6 Å². The molecule has 166 valence electrons. The summed E-state index contributed by atoms with van der Waals surface area (Å²) < 4.78 is 19.5. The number of nitrogens with zero attached hydrogens (tertiary/aromatic N) is 4. The zero-order valence-electron chi connectivity index (χ0n) is 17.8. The number of hydrogen-bond acceptors (Lipinski definition) is 5. The van der Waals surface area contributed by atoms with Crippen molar-refractivity contribution in [3.05, 3.63) is 84.9 Å². The van der Waals surface area contributed by atoms with Crippen LogP contribution in [0.1, 0.15) is 0 Å². The minimum Gasteiger partial charge on any atom is -0.457 e. The molecule has 1 aliphatic heterocycles. The molecule has 0 aliphatic carbocycles. The van der Waals surface area contributed by atoms with E-state index in [1.165, 1.54) is 18.5 Å². The van der Waals surface area contributed by atoms with E-state index in [1.54, 1.807) is 11.0 Å². The fourth-order valence-corrected chi connectivity index (χ4v) is 3.82. The van der Waals surface area contributed by atoms with Crippen LogP contribution in [0, 0.1) is 5.82 Å². The van der Waals surface area contributed by atoms with Gasteiger partial charge in [0.1, 0.15) is 29.5 Å². The number of halogens is 1. The van der Waals surface area contributed by atoms with Crippen molar-refractivity contribution in [1.29, 1.82) is 0 Å². The van der Waals surface area contributed by atoms with E-state index >= 15 is 0 Å². The Hall–Kier alpha value is -4.20. The van der Waals surface area contributed by atoms with Crippen LogP contribution in [0.15, 0.2) is 79.1 Å². The molecule has 0 spiro atoms. The standard InChI is InChI=1S/C25H22FN5O2/c26-18-6-11-23-22(16-18)24(28-17-27-23)30-12-14-31(15-13-30)25(32)29-19-7-9-21(10-8-19)33-20-4-2-1-3-5-20/h1-11,16-17H,12-15H2,(H,29,32). The molecule has 3 aromatic carbocycles. The summed E-state index contributed by atoms with van der Waals surface area (Å²) in [5.74, 6) is 1.82. The van der Waals surface area contributed by atoms with Crippen LogP contribution in [0.3, 0.4) is 0 Å². The number of benzene rings is 3. The molecule has 0 unspecified atom stereocenters. The first-order valence-electron chi connectivity index (χ1n) is 10.7. The quantitative estimate of drug-likeness (QED) is 0.485. The summed E-state index contributed by atoms with van der Waals surface area (Å²) in [6, 6.07) is 21.1. The van der Waals surface area contributed by atoms with E-state index in [-0.39, 0.29) is 11.8 Å². The highest BCUT2D eigenvalue weighted by molar-refractivity contribution is 5.91. The summed E-state index contributed by atoms with van der Waals surface area (Å²) in [6.07, 6.45) is 1.49. The van der Waals surface area contributed by atoms with Crippen molar-refractivity contribution < 1.29 is 13.9 Å². The monoisotopic (exact) mass is 443 g/mol. The summed E-state index contributed by atoms with van der Waals surface area (Å²) in [7, 11) is 0. The zero-order chi connectivity index (χ0) is 22.6. The maximum absolute atomic E-state index is 13.7. The van der Waals surface area contributed by atoms with E-state index in [1.807, 2.05) is 54.6 Å². The zero-order valence-corrected chi connectivity index (χ0v) is 17.8. The maximum Gasteiger partial charge on any atom is 0.321 e. The Morgan fingerprint density at radius 2 is 1.61 bits per heavy atom. The molecule has 0 radical (unpaired) electrons. The van der Waals surface area contributed by atoms with Crippen LogP contribution in [0.2, 0.25) is 0 Å². The van der Waals surface area contributed by atoms with Crippen molar-refractivity contribution in [2.24, 2.45) is 0 Å². The average Bonchev–Trinajstić information content (AvgIpc) is 2.85. The van der Waals surface area contributed by atoms with Crippen molar-refractivity contribution in [2.45, 2.75) is 0 Å². The van der Waals surface area contributed by atoms with Crippen molar-refractivity contribution in [3.8, 4) is 11.5 Å². The molecule has 8 heteroatoms. The number of piperazine rings is 1. The van der Waals surface area contributed by atoms with Crippen molar-refractivity contribution in [1.82, 2.24) is 14.9 Å². The van der Waals surface area contributed by atoms with E-state index in [2.05, 4.69) is 20.2 Å². The Balaban J connectivity index is 1.19. The van der Waals surface area contributed by atoms with Gasteiger partial charge in [0.25, 0.3) is 0 Å². The lowest BCUT2D eigenvalue weighted by molar-refractivity contribution is 0.208. The molecule has 33 heavy (non-hydrogen) atoms. The van der Waals surface area contributed by atoms with Crippen molar-refractivity contribution >= 4 is 28.4 Å². The third kappa shape index (κ3) is 4.69. The van der Waals surface area contributed by atoms with Crippen LogP contribution in [-0.4, -0.2) is 47.1 Å². The molecule has 2 heterocycles. The molecular formula is C25H22FN5O2. The first kappa shape index (κ1) is 20.7. The molecule has 1 fully saturated rings. The maximum atomic E-state index is 13.7. The number of urea groups is 1. The lowest BCUT2D eigenvalue weighted by Crippen LogP contribution is -2.50. The minimum absolute atomic E-state index is 0.162. The van der Waals surface area contributed by atoms with Gasteiger partial charge in [-0.1, -0.05) is 18.2 Å². The highest BCUT2D eigenvalue weighted by atomic mass is 19.1. The molecule has 1 saturated heterocycles. The Bertz CT molecular complexity index is 1260. The largest absolute Gasteiger partial charge is 0.457 e. The summed E-state index contributed by atoms with van der Waals surface area (Å²) in [5, 5.41) is 3.61. The van der Waals surface area contributed by atoms with Gasteiger partial charge in [-0.2, -0.15) is 0 Å². The Labute approximate surface area is 190 Å². The fraction of sp³-hybridized carbons (Fsp3) is 0.160. The molecule has 1 aromatic heterocycles. The molecule has 0 atom stereocenters. The summed E-state index contributed by atoms with van der Waals surface area (Å²) in [6.45, 7) is 2.25. The van der Waals surface area contributed by atoms with Gasteiger partial charge in [0.2, 0.25) is 0 Å². The Morgan fingerprint density at radius 1 is 0.879 bits per heavy atom. The van der Waals surface area contributed by atoms with Gasteiger partial charge in [-0.05, 0) is 54.6 Å². The second-order valence-electron chi connectivity index (χ2n) is 7.70. The number of rotatable bonds is 4. The van der Waals surface area contributed by atoms with E-state index in [4.69, 9.17) is 4.74 Å². The molecule has 7 nitrogen and oxygen atoms in total. The molecule has 4 aromatic rings. The van der Waals surface area contributed by atoms with Gasteiger partial charge in [0.15, 0.2) is 0 Å². The number of amides is 2. The van der Waals surface area contributed by atoms with Gasteiger partial charge in [-0.3, -0.25) is 0 Å². The second-order valence-corrected chi connectivity index (χ2v) is 7.70. The number of carbonyl (C=O) groups excluding carboxylic acids is 1. The van der Waals surface area contributed by atoms with Crippen LogP contribution in [0.25, 0.3) is 10.9 Å². The summed E-state index contributed by atoms with van der Waals surface area (Å²) in [5.41, 5.74) is 1.39. The van der Waals surface area contributed by atoms with E-state index in [0.29, 0.717) is 54.3 Å². The molecule has 0 bridgehead atoms. The molecule has 1 aliphatic rings. The number of fused-ring (bicyclic) bond motifs is 1. The number of nitrogens with one attached hydrogen (secondary N) is 1. The first-order chi connectivity index (χ1) is 16.2. The third-order valence-corrected chi connectivity index (χ3v) is 5.53. The highest BCUT2D eigenvalue weighted by Gasteiger charge is 2.23. The van der Waals surface area contributed by atoms with Crippen LogP contribution >= 0.6 is 0 Å². The highest BCUT2D eigenvalue weighted by Crippen LogP contribution is 2.25. The lowest BCUT2D eigenvalue weighted by atomic mass is 10.2. The number of carbonyl (C=O) groups is 1. The van der Waals surface area contributed by atoms with Crippen molar-refractivity contribution in [2.75, 3.05) is 36.4 Å². The normalized spacial score (nSPS) is 13.7.